The number of nitro benzene ring substituents is 1. The zero-order valence-electron chi connectivity index (χ0n) is 9.47. The van der Waals surface area contributed by atoms with E-state index in [9.17, 15) is 10.1 Å². The third-order valence-corrected chi connectivity index (χ3v) is 1.98. The Morgan fingerprint density at radius 2 is 2.25 bits per heavy atom. The van der Waals surface area contributed by atoms with E-state index in [1.807, 2.05) is 13.8 Å². The van der Waals surface area contributed by atoms with Gasteiger partial charge in [-0.15, -0.1) is 6.58 Å². The lowest BCUT2D eigenvalue weighted by Gasteiger charge is -2.13. The Morgan fingerprint density at radius 3 is 2.75 bits per heavy atom. The summed E-state index contributed by atoms with van der Waals surface area (Å²) in [6, 6.07) is 4.61. The molecule has 0 N–H and O–H groups in total. The minimum absolute atomic E-state index is 0.0463. The first-order chi connectivity index (χ1) is 7.54. The van der Waals surface area contributed by atoms with Crippen molar-refractivity contribution < 1.29 is 9.66 Å². The second-order valence-electron chi connectivity index (χ2n) is 3.71. The molecule has 0 radical (unpaired) electrons. The van der Waals surface area contributed by atoms with Crippen molar-refractivity contribution in [3.63, 3.8) is 0 Å². The molecule has 4 nitrogen and oxygen atoms in total. The average molecular weight is 221 g/mol. The highest BCUT2D eigenvalue weighted by atomic mass is 16.6. The highest BCUT2D eigenvalue weighted by molar-refractivity contribution is 5.44. The number of ether oxygens (including phenoxy) is 1. The van der Waals surface area contributed by atoms with Crippen LogP contribution in [0.1, 0.15) is 19.4 Å². The molecule has 16 heavy (non-hydrogen) atoms. The van der Waals surface area contributed by atoms with E-state index in [0.717, 1.165) is 5.56 Å². The minimum Gasteiger partial charge on any atom is -0.491 e. The lowest BCUT2D eigenvalue weighted by atomic mass is 10.1. The van der Waals surface area contributed by atoms with E-state index in [0.29, 0.717) is 12.2 Å². The Balaban J connectivity index is 3.08. The molecule has 0 saturated heterocycles. The van der Waals surface area contributed by atoms with Gasteiger partial charge in [0.1, 0.15) is 5.75 Å². The fourth-order valence-electron chi connectivity index (χ4n) is 1.36. The summed E-state index contributed by atoms with van der Waals surface area (Å²) in [5.41, 5.74) is 0.867. The number of benzene rings is 1. The van der Waals surface area contributed by atoms with Crippen molar-refractivity contribution >= 4 is 5.69 Å². The first-order valence-corrected chi connectivity index (χ1v) is 5.09. The van der Waals surface area contributed by atoms with Gasteiger partial charge in [-0.05, 0) is 26.3 Å². The van der Waals surface area contributed by atoms with Crippen LogP contribution in [0.25, 0.3) is 0 Å². The molecule has 0 amide bonds. The van der Waals surface area contributed by atoms with E-state index in [1.54, 1.807) is 12.1 Å². The normalized spacial score (nSPS) is 10.2. The van der Waals surface area contributed by atoms with Crippen molar-refractivity contribution in [3.8, 4) is 5.75 Å². The minimum atomic E-state index is -0.411. The number of rotatable bonds is 5. The van der Waals surface area contributed by atoms with Crippen molar-refractivity contribution in [1.82, 2.24) is 0 Å². The van der Waals surface area contributed by atoms with Gasteiger partial charge in [0.15, 0.2) is 0 Å². The molecule has 4 heteroatoms. The monoisotopic (exact) mass is 221 g/mol. The molecule has 0 atom stereocenters. The second kappa shape index (κ2) is 5.30. The number of nitro groups is 1. The molecule has 0 saturated carbocycles. The van der Waals surface area contributed by atoms with Crippen LogP contribution in [0.15, 0.2) is 30.9 Å². The predicted molar refractivity (Wildman–Crippen MR) is 62.8 cm³/mol. The van der Waals surface area contributed by atoms with Crippen LogP contribution in [0.5, 0.6) is 5.75 Å². The van der Waals surface area contributed by atoms with E-state index >= 15 is 0 Å². The van der Waals surface area contributed by atoms with E-state index < -0.39 is 4.92 Å². The first-order valence-electron chi connectivity index (χ1n) is 5.09. The second-order valence-corrected chi connectivity index (χ2v) is 3.71. The van der Waals surface area contributed by atoms with Crippen LogP contribution in [-0.2, 0) is 6.42 Å². The van der Waals surface area contributed by atoms with Crippen LogP contribution >= 0.6 is 0 Å². The molecule has 0 aliphatic carbocycles. The highest BCUT2D eigenvalue weighted by Crippen LogP contribution is 2.25. The van der Waals surface area contributed by atoms with Crippen molar-refractivity contribution in [2.24, 2.45) is 0 Å². The van der Waals surface area contributed by atoms with Gasteiger partial charge in [-0.1, -0.05) is 6.08 Å². The zero-order chi connectivity index (χ0) is 12.1. The van der Waals surface area contributed by atoms with E-state index in [2.05, 4.69) is 6.58 Å². The molecule has 0 unspecified atom stereocenters. The van der Waals surface area contributed by atoms with Crippen LogP contribution in [0.3, 0.4) is 0 Å². The third-order valence-electron chi connectivity index (χ3n) is 1.98. The van der Waals surface area contributed by atoms with E-state index in [4.69, 9.17) is 4.74 Å². The summed E-state index contributed by atoms with van der Waals surface area (Å²) in [5, 5.41) is 10.6. The summed E-state index contributed by atoms with van der Waals surface area (Å²) in [5.74, 6) is 0.681. The van der Waals surface area contributed by atoms with Gasteiger partial charge in [-0.3, -0.25) is 10.1 Å². The van der Waals surface area contributed by atoms with Crippen LogP contribution in [0, 0.1) is 10.1 Å². The molecule has 1 aromatic rings. The van der Waals surface area contributed by atoms with Crippen LogP contribution in [0.4, 0.5) is 5.69 Å². The molecule has 0 bridgehead atoms. The van der Waals surface area contributed by atoms with Crippen LogP contribution in [0.2, 0.25) is 0 Å². The Morgan fingerprint density at radius 1 is 1.56 bits per heavy atom. The molecule has 86 valence electrons. The van der Waals surface area contributed by atoms with Crippen molar-refractivity contribution in [3.05, 3.63) is 46.5 Å². The largest absolute Gasteiger partial charge is 0.491 e. The molecule has 1 aromatic carbocycles. The van der Waals surface area contributed by atoms with E-state index in [1.165, 1.54) is 12.1 Å². The summed E-state index contributed by atoms with van der Waals surface area (Å²) in [4.78, 5) is 10.2. The molecule has 0 aliphatic rings. The van der Waals surface area contributed by atoms with Gasteiger partial charge in [0.25, 0.3) is 5.69 Å². The summed E-state index contributed by atoms with van der Waals surface area (Å²) in [7, 11) is 0. The van der Waals surface area contributed by atoms with Crippen molar-refractivity contribution in [2.75, 3.05) is 0 Å². The maximum atomic E-state index is 10.6. The molecule has 0 spiro atoms. The Kier molecular flexibility index (Phi) is 4.05. The van der Waals surface area contributed by atoms with Gasteiger partial charge in [0.2, 0.25) is 0 Å². The Labute approximate surface area is 94.7 Å². The molecule has 0 aliphatic heterocycles. The average Bonchev–Trinajstić information content (AvgIpc) is 2.20. The van der Waals surface area contributed by atoms with Gasteiger partial charge in [0, 0.05) is 17.7 Å². The zero-order valence-corrected chi connectivity index (χ0v) is 9.47. The van der Waals surface area contributed by atoms with Crippen LogP contribution < -0.4 is 4.74 Å². The van der Waals surface area contributed by atoms with Gasteiger partial charge >= 0.3 is 0 Å². The lowest BCUT2D eigenvalue weighted by Crippen LogP contribution is -2.07. The maximum Gasteiger partial charge on any atom is 0.269 e. The van der Waals surface area contributed by atoms with Gasteiger partial charge in [-0.25, -0.2) is 0 Å². The predicted octanol–water partition coefficient (Wildman–Crippen LogP) is 3.11. The number of hydrogen-bond donors (Lipinski definition) is 0. The fraction of sp³-hybridized carbons (Fsp3) is 0.333. The summed E-state index contributed by atoms with van der Waals surface area (Å²) >= 11 is 0. The Hall–Kier alpha value is -1.84. The highest BCUT2D eigenvalue weighted by Gasteiger charge is 2.11. The number of non-ortho nitro benzene ring substituents is 1. The maximum absolute atomic E-state index is 10.6. The summed E-state index contributed by atoms with van der Waals surface area (Å²) < 4.78 is 5.56. The van der Waals surface area contributed by atoms with Crippen molar-refractivity contribution in [2.45, 2.75) is 26.4 Å². The van der Waals surface area contributed by atoms with Gasteiger partial charge in [0.05, 0.1) is 11.0 Å². The van der Waals surface area contributed by atoms with Crippen molar-refractivity contribution in [1.29, 1.82) is 0 Å². The smallest absolute Gasteiger partial charge is 0.269 e. The number of allylic oxidation sites excluding steroid dienone is 1. The first kappa shape index (κ1) is 12.2. The topological polar surface area (TPSA) is 52.4 Å². The SMILES string of the molecule is C=CCc1cc([N+](=O)[O-])ccc1OC(C)C. The summed E-state index contributed by atoms with van der Waals surface area (Å²) in [6.07, 6.45) is 2.31. The number of nitrogens with zero attached hydrogens (tertiary/aromatic N) is 1. The third kappa shape index (κ3) is 3.08. The molecule has 0 heterocycles. The van der Waals surface area contributed by atoms with Crippen LogP contribution in [-0.4, -0.2) is 11.0 Å². The molecule has 1 rings (SSSR count). The Bertz CT molecular complexity index is 399. The molecular weight excluding hydrogens is 206 g/mol. The fourth-order valence-corrected chi connectivity index (χ4v) is 1.36. The standard InChI is InChI=1S/C12H15NO3/c1-4-5-10-8-11(13(14)15)6-7-12(10)16-9(2)3/h4,6-9H,1,5H2,2-3H3. The summed E-state index contributed by atoms with van der Waals surface area (Å²) in [6.45, 7) is 7.46. The van der Waals surface area contributed by atoms with Gasteiger partial charge < -0.3 is 4.74 Å². The van der Waals surface area contributed by atoms with Gasteiger partial charge in [-0.2, -0.15) is 0 Å². The number of hydrogen-bond acceptors (Lipinski definition) is 3. The molecular formula is C12H15NO3. The van der Waals surface area contributed by atoms with E-state index in [-0.39, 0.29) is 11.8 Å². The quantitative estimate of drug-likeness (QED) is 0.436. The molecule has 0 aromatic heterocycles. The lowest BCUT2D eigenvalue weighted by molar-refractivity contribution is -0.384. The molecule has 0 fully saturated rings.